The molecule has 1 aromatic carbocycles. The minimum Gasteiger partial charge on any atom is -0.483 e. The lowest BCUT2D eigenvalue weighted by Crippen LogP contribution is -2.55. The van der Waals surface area contributed by atoms with Gasteiger partial charge in [-0.1, -0.05) is 0 Å². The fraction of sp³-hybridized carbons (Fsp3) is 0.350. The monoisotopic (exact) mass is 473 g/mol. The van der Waals surface area contributed by atoms with Crippen LogP contribution in [0.1, 0.15) is 28.5 Å². The van der Waals surface area contributed by atoms with Gasteiger partial charge in [-0.05, 0) is 50.2 Å². The number of carbonyl (C=O) groups excluding carboxylic acids is 1. The Morgan fingerprint density at radius 2 is 1.78 bits per heavy atom. The highest BCUT2D eigenvalue weighted by Gasteiger charge is 2.36. The number of aryl methyl sites for hydroxylation is 1. The number of nitrogens with zero attached hydrogens (tertiary/aromatic N) is 3. The van der Waals surface area contributed by atoms with E-state index in [2.05, 4.69) is 4.98 Å². The van der Waals surface area contributed by atoms with E-state index in [4.69, 9.17) is 9.90 Å². The third-order valence-electron chi connectivity index (χ3n) is 4.88. The van der Waals surface area contributed by atoms with Gasteiger partial charge in [0.1, 0.15) is 0 Å². The highest BCUT2D eigenvalue weighted by atomic mass is 32.2. The number of carbonyl (C=O) groups is 2. The number of alkyl halides is 3. The van der Waals surface area contributed by atoms with Gasteiger partial charge in [-0.2, -0.15) is 17.5 Å². The minimum absolute atomic E-state index is 0.0512. The smallest absolute Gasteiger partial charge is 0.416 e. The SMILES string of the molecule is Cc1ncccc1C(=O)N1CCN(S(=O)(=O)c2ccc(C(F)(F)F)cc2)[C@@H](C)C1.O=CO. The minimum atomic E-state index is -4.54. The zero-order chi connectivity index (χ0) is 24.1. The summed E-state index contributed by atoms with van der Waals surface area (Å²) in [6, 6.07) is 6.22. The van der Waals surface area contributed by atoms with Gasteiger partial charge in [0.25, 0.3) is 12.4 Å². The zero-order valence-corrected chi connectivity index (χ0v) is 18.1. The molecule has 1 amide bonds. The summed E-state index contributed by atoms with van der Waals surface area (Å²) in [4.78, 5) is 26.5. The second kappa shape index (κ2) is 10.1. The first-order chi connectivity index (χ1) is 14.9. The summed E-state index contributed by atoms with van der Waals surface area (Å²) in [6.45, 7) is 3.54. The summed E-state index contributed by atoms with van der Waals surface area (Å²) in [7, 11) is -3.98. The van der Waals surface area contributed by atoms with Crippen LogP contribution < -0.4 is 0 Å². The number of carboxylic acid groups (broad SMARTS) is 1. The van der Waals surface area contributed by atoms with Crippen LogP contribution in [-0.4, -0.2) is 65.8 Å². The van der Waals surface area contributed by atoms with Crippen molar-refractivity contribution in [1.29, 1.82) is 0 Å². The van der Waals surface area contributed by atoms with Crippen LogP contribution in [0.5, 0.6) is 0 Å². The molecule has 0 saturated carbocycles. The predicted molar refractivity (Wildman–Crippen MR) is 108 cm³/mol. The number of aromatic nitrogens is 1. The first-order valence-electron chi connectivity index (χ1n) is 9.41. The number of piperazine rings is 1. The summed E-state index contributed by atoms with van der Waals surface area (Å²) < 4.78 is 65.2. The molecule has 0 spiro atoms. The molecule has 3 rings (SSSR count). The van der Waals surface area contributed by atoms with E-state index in [0.717, 1.165) is 24.3 Å². The largest absolute Gasteiger partial charge is 0.483 e. The molecule has 1 N–H and O–H groups in total. The molecule has 1 saturated heterocycles. The molecule has 12 heteroatoms. The fourth-order valence-corrected chi connectivity index (χ4v) is 4.93. The lowest BCUT2D eigenvalue weighted by molar-refractivity contribution is -0.137. The van der Waals surface area contributed by atoms with Crippen LogP contribution in [0.2, 0.25) is 0 Å². The number of hydrogen-bond acceptors (Lipinski definition) is 5. The van der Waals surface area contributed by atoms with Crippen LogP contribution in [0.4, 0.5) is 13.2 Å². The van der Waals surface area contributed by atoms with E-state index in [1.54, 1.807) is 37.1 Å². The molecule has 2 heterocycles. The van der Waals surface area contributed by atoms with Crippen molar-refractivity contribution in [3.05, 3.63) is 59.4 Å². The maximum Gasteiger partial charge on any atom is 0.416 e. The van der Waals surface area contributed by atoms with Gasteiger partial charge in [0.2, 0.25) is 10.0 Å². The molecule has 1 aromatic heterocycles. The number of sulfonamides is 1. The Bertz CT molecular complexity index is 1060. The van der Waals surface area contributed by atoms with E-state index in [0.29, 0.717) is 11.3 Å². The molecule has 174 valence electrons. The van der Waals surface area contributed by atoms with Gasteiger partial charge < -0.3 is 10.0 Å². The average molecular weight is 473 g/mol. The molecule has 0 bridgehead atoms. The third-order valence-corrected chi connectivity index (χ3v) is 6.91. The van der Waals surface area contributed by atoms with E-state index >= 15 is 0 Å². The summed E-state index contributed by atoms with van der Waals surface area (Å²) in [6.07, 6.45) is -2.95. The third kappa shape index (κ3) is 5.62. The number of hydrogen-bond donors (Lipinski definition) is 1. The standard InChI is InChI=1S/C19H20F3N3O3S.CH2O2/c1-13-12-24(18(26)17-4-3-9-23-14(17)2)10-11-25(13)29(27,28)16-7-5-15(6-8-16)19(20,21)22;2-1-3/h3-9,13H,10-12H2,1-2H3;1H,(H,2,3)/t13-;/m0./s1. The van der Waals surface area contributed by atoms with Gasteiger partial charge in [0.05, 0.1) is 16.0 Å². The van der Waals surface area contributed by atoms with Gasteiger partial charge in [0.15, 0.2) is 0 Å². The van der Waals surface area contributed by atoms with Gasteiger partial charge in [-0.25, -0.2) is 8.42 Å². The Balaban J connectivity index is 0.00000114. The second-order valence-corrected chi connectivity index (χ2v) is 8.87. The van der Waals surface area contributed by atoms with Crippen LogP contribution in [0, 0.1) is 6.92 Å². The second-order valence-electron chi connectivity index (χ2n) is 6.98. The molecule has 0 unspecified atom stereocenters. The van der Waals surface area contributed by atoms with Crippen molar-refractivity contribution < 1.29 is 36.3 Å². The van der Waals surface area contributed by atoms with E-state index in [9.17, 15) is 26.4 Å². The van der Waals surface area contributed by atoms with Crippen LogP contribution in [0.25, 0.3) is 0 Å². The molecule has 1 atom stereocenters. The van der Waals surface area contributed by atoms with Gasteiger partial charge in [-0.15, -0.1) is 0 Å². The van der Waals surface area contributed by atoms with Crippen LogP contribution >= 0.6 is 0 Å². The normalized spacial score (nSPS) is 17.3. The fourth-order valence-electron chi connectivity index (χ4n) is 3.31. The van der Waals surface area contributed by atoms with E-state index in [-0.39, 0.29) is 36.9 Å². The topological polar surface area (TPSA) is 108 Å². The molecule has 2 aromatic rings. The lowest BCUT2D eigenvalue weighted by Gasteiger charge is -2.39. The Hall–Kier alpha value is -2.99. The molecule has 0 aliphatic carbocycles. The van der Waals surface area contributed by atoms with E-state index in [1.165, 1.54) is 4.31 Å². The summed E-state index contributed by atoms with van der Waals surface area (Å²) in [5.74, 6) is -0.228. The highest BCUT2D eigenvalue weighted by molar-refractivity contribution is 7.89. The molecular formula is C20H22F3N3O5S. The molecule has 8 nitrogen and oxygen atoms in total. The first kappa shape index (κ1) is 25.3. The van der Waals surface area contributed by atoms with E-state index in [1.807, 2.05) is 0 Å². The van der Waals surface area contributed by atoms with Crippen molar-refractivity contribution in [2.45, 2.75) is 31.0 Å². The van der Waals surface area contributed by atoms with Crippen LogP contribution in [0.3, 0.4) is 0 Å². The van der Waals surface area contributed by atoms with Gasteiger partial charge in [-0.3, -0.25) is 14.6 Å². The Labute approximate surface area is 183 Å². The van der Waals surface area contributed by atoms with Crippen LogP contribution in [0.15, 0.2) is 47.5 Å². The summed E-state index contributed by atoms with van der Waals surface area (Å²) in [5.41, 5.74) is 0.135. The number of benzene rings is 1. The van der Waals surface area contributed by atoms with Crippen molar-refractivity contribution in [2.75, 3.05) is 19.6 Å². The number of halogens is 3. The molecule has 1 fully saturated rings. The maximum absolute atomic E-state index is 12.9. The molecule has 32 heavy (non-hydrogen) atoms. The van der Waals surface area contributed by atoms with Crippen molar-refractivity contribution in [2.24, 2.45) is 0 Å². The quantitative estimate of drug-likeness (QED) is 0.687. The number of rotatable bonds is 3. The maximum atomic E-state index is 12.9. The Morgan fingerprint density at radius 1 is 1.19 bits per heavy atom. The predicted octanol–water partition coefficient (Wildman–Crippen LogP) is 2.64. The highest BCUT2D eigenvalue weighted by Crippen LogP contribution is 2.31. The summed E-state index contributed by atoms with van der Waals surface area (Å²) in [5, 5.41) is 6.89. The van der Waals surface area contributed by atoms with Crippen LogP contribution in [-0.2, 0) is 21.0 Å². The summed E-state index contributed by atoms with van der Waals surface area (Å²) >= 11 is 0. The van der Waals surface area contributed by atoms with E-state index < -0.39 is 27.8 Å². The van der Waals surface area contributed by atoms with Crippen molar-refractivity contribution in [1.82, 2.24) is 14.2 Å². The van der Waals surface area contributed by atoms with Crippen molar-refractivity contribution in [3.63, 3.8) is 0 Å². The van der Waals surface area contributed by atoms with Gasteiger partial charge in [0, 0.05) is 37.6 Å². The first-order valence-corrected chi connectivity index (χ1v) is 10.8. The Kier molecular flexibility index (Phi) is 7.97. The average Bonchev–Trinajstić information content (AvgIpc) is 2.73. The Morgan fingerprint density at radius 3 is 2.28 bits per heavy atom. The molecular weight excluding hydrogens is 451 g/mol. The van der Waals surface area contributed by atoms with Crippen molar-refractivity contribution >= 4 is 22.4 Å². The number of amides is 1. The molecule has 0 radical (unpaired) electrons. The lowest BCUT2D eigenvalue weighted by atomic mass is 10.1. The molecule has 1 aliphatic heterocycles. The molecule has 1 aliphatic rings. The zero-order valence-electron chi connectivity index (χ0n) is 17.3. The van der Waals surface area contributed by atoms with Gasteiger partial charge >= 0.3 is 6.18 Å². The van der Waals surface area contributed by atoms with Crippen molar-refractivity contribution in [3.8, 4) is 0 Å². The number of pyridine rings is 1.